The van der Waals surface area contributed by atoms with Crippen LogP contribution in [0.15, 0.2) is 34.9 Å². The van der Waals surface area contributed by atoms with Gasteiger partial charge in [0.25, 0.3) is 5.91 Å². The van der Waals surface area contributed by atoms with Gasteiger partial charge in [0, 0.05) is 17.6 Å². The SMILES string of the molecule is COc1cc(OC)c(-n2nnc(-c3nsc(NC(=O)c4ccco4)n3)c2C)cc1Cl. The van der Waals surface area contributed by atoms with Gasteiger partial charge in [-0.15, -0.1) is 5.10 Å². The van der Waals surface area contributed by atoms with Crippen molar-refractivity contribution in [1.82, 2.24) is 24.4 Å². The van der Waals surface area contributed by atoms with Crippen LogP contribution in [0.2, 0.25) is 5.02 Å². The lowest BCUT2D eigenvalue weighted by molar-refractivity contribution is 0.0996. The van der Waals surface area contributed by atoms with E-state index in [4.69, 9.17) is 25.5 Å². The largest absolute Gasteiger partial charge is 0.495 e. The Kier molecular flexibility index (Phi) is 5.38. The summed E-state index contributed by atoms with van der Waals surface area (Å²) >= 11 is 7.29. The zero-order valence-electron chi connectivity index (χ0n) is 16.0. The van der Waals surface area contributed by atoms with Gasteiger partial charge in [-0.2, -0.15) is 9.36 Å². The van der Waals surface area contributed by atoms with E-state index in [-0.39, 0.29) is 5.76 Å². The van der Waals surface area contributed by atoms with Crippen LogP contribution in [0.3, 0.4) is 0 Å². The third-order valence-corrected chi connectivity index (χ3v) is 5.11. The predicted molar refractivity (Wildman–Crippen MR) is 110 cm³/mol. The molecule has 0 aliphatic rings. The average Bonchev–Trinajstić information content (AvgIpc) is 3.49. The molecule has 1 amide bonds. The van der Waals surface area contributed by atoms with E-state index in [1.807, 2.05) is 6.92 Å². The molecule has 12 heteroatoms. The molecular formula is C18H15ClN6O4S. The van der Waals surface area contributed by atoms with Crippen molar-refractivity contribution in [1.29, 1.82) is 0 Å². The van der Waals surface area contributed by atoms with Gasteiger partial charge in [-0.3, -0.25) is 10.1 Å². The second-order valence-electron chi connectivity index (χ2n) is 5.95. The van der Waals surface area contributed by atoms with Crippen LogP contribution in [0.4, 0.5) is 5.13 Å². The van der Waals surface area contributed by atoms with Gasteiger partial charge in [-0.05, 0) is 25.1 Å². The number of nitrogens with zero attached hydrogens (tertiary/aromatic N) is 5. The molecule has 0 radical (unpaired) electrons. The lowest BCUT2D eigenvalue weighted by Gasteiger charge is -2.12. The van der Waals surface area contributed by atoms with Gasteiger partial charge in [0.2, 0.25) is 5.13 Å². The summed E-state index contributed by atoms with van der Waals surface area (Å²) in [4.78, 5) is 16.4. The second kappa shape index (κ2) is 8.13. The van der Waals surface area contributed by atoms with E-state index in [9.17, 15) is 4.79 Å². The molecule has 154 valence electrons. The molecular weight excluding hydrogens is 432 g/mol. The first-order valence-corrected chi connectivity index (χ1v) is 9.70. The lowest BCUT2D eigenvalue weighted by Crippen LogP contribution is -2.10. The Hall–Kier alpha value is -3.44. The predicted octanol–water partition coefficient (Wildman–Crippen LogP) is 3.61. The maximum Gasteiger partial charge on any atom is 0.293 e. The summed E-state index contributed by atoms with van der Waals surface area (Å²) in [5.74, 6) is 1.08. The van der Waals surface area contributed by atoms with Crippen LogP contribution < -0.4 is 14.8 Å². The van der Waals surface area contributed by atoms with Gasteiger partial charge in [0.15, 0.2) is 17.3 Å². The number of ether oxygens (including phenoxy) is 2. The third kappa shape index (κ3) is 3.60. The lowest BCUT2D eigenvalue weighted by atomic mass is 10.2. The minimum Gasteiger partial charge on any atom is -0.495 e. The molecule has 0 aliphatic heterocycles. The Balaban J connectivity index is 1.64. The van der Waals surface area contributed by atoms with Gasteiger partial charge in [0.05, 0.1) is 31.2 Å². The standard InChI is InChI=1S/C18H15ClN6O4S/c1-9-15(16-20-18(30-23-16)21-17(26)12-5-4-6-29-12)22-24-25(9)11-7-10(19)13(27-2)8-14(11)28-3/h4-8H,1-3H3,(H,20,21,23,26). The monoisotopic (exact) mass is 446 g/mol. The Morgan fingerprint density at radius 1 is 1.27 bits per heavy atom. The first-order chi connectivity index (χ1) is 14.5. The highest BCUT2D eigenvalue weighted by atomic mass is 35.5. The Morgan fingerprint density at radius 3 is 2.77 bits per heavy atom. The average molecular weight is 447 g/mol. The number of furan rings is 1. The van der Waals surface area contributed by atoms with Crippen molar-refractivity contribution in [3.63, 3.8) is 0 Å². The minimum atomic E-state index is -0.416. The van der Waals surface area contributed by atoms with Gasteiger partial charge < -0.3 is 13.9 Å². The minimum absolute atomic E-state index is 0.178. The third-order valence-electron chi connectivity index (χ3n) is 4.18. The van der Waals surface area contributed by atoms with Crippen LogP contribution >= 0.6 is 23.1 Å². The number of benzene rings is 1. The highest BCUT2D eigenvalue weighted by molar-refractivity contribution is 7.10. The fourth-order valence-electron chi connectivity index (χ4n) is 2.71. The van der Waals surface area contributed by atoms with Crippen molar-refractivity contribution in [3.8, 4) is 28.7 Å². The summed E-state index contributed by atoms with van der Waals surface area (Å²) in [7, 11) is 3.06. The summed E-state index contributed by atoms with van der Waals surface area (Å²) < 4.78 is 21.6. The number of hydrogen-bond acceptors (Lipinski definition) is 9. The fourth-order valence-corrected chi connectivity index (χ4v) is 3.51. The number of aromatic nitrogens is 5. The number of halogens is 1. The number of anilines is 1. The maximum atomic E-state index is 12.1. The summed E-state index contributed by atoms with van der Waals surface area (Å²) in [6.45, 7) is 1.81. The van der Waals surface area contributed by atoms with E-state index < -0.39 is 5.91 Å². The molecule has 0 atom stereocenters. The molecule has 3 heterocycles. The van der Waals surface area contributed by atoms with Crippen molar-refractivity contribution >= 4 is 34.2 Å². The van der Waals surface area contributed by atoms with E-state index in [0.717, 1.165) is 11.5 Å². The normalized spacial score (nSPS) is 10.8. The van der Waals surface area contributed by atoms with Crippen molar-refractivity contribution in [2.24, 2.45) is 0 Å². The maximum absolute atomic E-state index is 12.1. The van der Waals surface area contributed by atoms with Gasteiger partial charge in [-0.1, -0.05) is 16.8 Å². The van der Waals surface area contributed by atoms with Crippen LogP contribution in [0, 0.1) is 6.92 Å². The van der Waals surface area contributed by atoms with E-state index in [1.165, 1.54) is 20.5 Å². The number of carbonyl (C=O) groups is 1. The number of rotatable bonds is 6. The molecule has 0 saturated carbocycles. The number of nitrogens with one attached hydrogen (secondary N) is 1. The van der Waals surface area contributed by atoms with E-state index in [0.29, 0.717) is 44.6 Å². The molecule has 0 aliphatic carbocycles. The highest BCUT2D eigenvalue weighted by Crippen LogP contribution is 2.35. The Labute approximate surface area is 179 Å². The quantitative estimate of drug-likeness (QED) is 0.477. The zero-order chi connectivity index (χ0) is 21.3. The number of amides is 1. The van der Waals surface area contributed by atoms with Crippen LogP contribution in [0.1, 0.15) is 16.2 Å². The van der Waals surface area contributed by atoms with Crippen molar-refractivity contribution < 1.29 is 18.7 Å². The van der Waals surface area contributed by atoms with Crippen molar-refractivity contribution in [2.45, 2.75) is 6.92 Å². The molecule has 0 unspecified atom stereocenters. The fraction of sp³-hybridized carbons (Fsp3) is 0.167. The summed E-state index contributed by atoms with van der Waals surface area (Å²) in [5, 5.41) is 11.7. The van der Waals surface area contributed by atoms with Crippen LogP contribution in [-0.2, 0) is 0 Å². The highest BCUT2D eigenvalue weighted by Gasteiger charge is 2.21. The molecule has 3 aromatic heterocycles. The van der Waals surface area contributed by atoms with Crippen LogP contribution in [0.5, 0.6) is 11.5 Å². The molecule has 0 bridgehead atoms. The Bertz CT molecular complexity index is 1200. The smallest absolute Gasteiger partial charge is 0.293 e. The molecule has 0 fully saturated rings. The molecule has 4 aromatic rings. The molecule has 10 nitrogen and oxygen atoms in total. The second-order valence-corrected chi connectivity index (χ2v) is 7.11. The summed E-state index contributed by atoms with van der Waals surface area (Å²) in [6.07, 6.45) is 1.42. The molecule has 0 saturated heterocycles. The molecule has 4 rings (SSSR count). The van der Waals surface area contributed by atoms with Gasteiger partial charge >= 0.3 is 0 Å². The summed E-state index contributed by atoms with van der Waals surface area (Å²) in [5.41, 5.74) is 1.70. The van der Waals surface area contributed by atoms with E-state index in [1.54, 1.807) is 28.9 Å². The molecule has 1 aromatic carbocycles. The van der Waals surface area contributed by atoms with Gasteiger partial charge in [0.1, 0.15) is 17.2 Å². The number of methoxy groups -OCH3 is 2. The Morgan fingerprint density at radius 2 is 2.07 bits per heavy atom. The number of carbonyl (C=O) groups excluding carboxylic acids is 1. The van der Waals surface area contributed by atoms with Gasteiger partial charge in [-0.25, -0.2) is 4.68 Å². The van der Waals surface area contributed by atoms with Crippen molar-refractivity contribution in [2.75, 3.05) is 19.5 Å². The molecule has 1 N–H and O–H groups in total. The first kappa shape index (κ1) is 19.9. The molecule has 0 spiro atoms. The first-order valence-electron chi connectivity index (χ1n) is 8.55. The zero-order valence-corrected chi connectivity index (χ0v) is 17.6. The van der Waals surface area contributed by atoms with E-state index >= 15 is 0 Å². The summed E-state index contributed by atoms with van der Waals surface area (Å²) in [6, 6.07) is 6.53. The van der Waals surface area contributed by atoms with Crippen LogP contribution in [0.25, 0.3) is 17.2 Å². The van der Waals surface area contributed by atoms with Crippen molar-refractivity contribution in [3.05, 3.63) is 47.0 Å². The topological polar surface area (TPSA) is 117 Å². The van der Waals surface area contributed by atoms with E-state index in [2.05, 4.69) is 25.0 Å². The van der Waals surface area contributed by atoms with Crippen LogP contribution in [-0.4, -0.2) is 44.5 Å². The molecule has 30 heavy (non-hydrogen) atoms. The number of hydrogen-bond donors (Lipinski definition) is 1.